The normalized spacial score (nSPS) is 21.3. The molecule has 2 heterocycles. The number of ether oxygens (including phenoxy) is 1. The van der Waals surface area contributed by atoms with Gasteiger partial charge in [-0.15, -0.1) is 0 Å². The standard InChI is InChI=1S/C26H41N5.C5H10O2.C2H6.CH4/c1-6-24-18-29(17-23-10-8-7-9-11-23)12-13-30(24)16-21(2)22(3)31(27-4)25-14-26(15-25)19-28(5)20-26;1-5(2,3)7-4-6;1-2;/h7-11,24-25H,4,6,12-20H2,1-3,5H3;4H,1-3H3;1-2H3;1H4/b22-21-;;;. The second-order valence-corrected chi connectivity index (χ2v) is 12.7. The topological polar surface area (TPSA) is 51.6 Å². The second-order valence-electron chi connectivity index (χ2n) is 12.7. The lowest BCUT2D eigenvalue weighted by atomic mass is 9.60. The first-order chi connectivity index (χ1) is 19.0. The van der Waals surface area contributed by atoms with Crippen LogP contribution < -0.4 is 0 Å². The number of rotatable bonds is 9. The van der Waals surface area contributed by atoms with E-state index in [9.17, 15) is 4.79 Å². The van der Waals surface area contributed by atoms with Gasteiger partial charge in [0, 0.05) is 64.3 Å². The molecule has 1 aromatic rings. The van der Waals surface area contributed by atoms with E-state index in [1.54, 1.807) is 0 Å². The summed E-state index contributed by atoms with van der Waals surface area (Å²) in [5.74, 6) is 0. The van der Waals surface area contributed by atoms with Crippen molar-refractivity contribution in [2.24, 2.45) is 10.5 Å². The fourth-order valence-electron chi connectivity index (χ4n) is 6.26. The number of carbonyl (C=O) groups is 1. The number of allylic oxidation sites excluding steroid dienone is 1. The van der Waals surface area contributed by atoms with Gasteiger partial charge < -0.3 is 9.64 Å². The van der Waals surface area contributed by atoms with Gasteiger partial charge in [0.1, 0.15) is 5.60 Å². The molecule has 0 amide bonds. The number of hydrogen-bond acceptors (Lipinski definition) is 7. The van der Waals surface area contributed by atoms with Crippen LogP contribution >= 0.6 is 0 Å². The molecule has 1 saturated carbocycles. The van der Waals surface area contributed by atoms with Gasteiger partial charge in [-0.25, -0.2) is 0 Å². The molecule has 0 N–H and O–H groups in total. The summed E-state index contributed by atoms with van der Waals surface area (Å²) < 4.78 is 4.55. The second kappa shape index (κ2) is 17.0. The maximum Gasteiger partial charge on any atom is 0.293 e. The Labute approximate surface area is 252 Å². The lowest BCUT2D eigenvalue weighted by Gasteiger charge is -2.60. The molecule has 1 spiro atoms. The lowest BCUT2D eigenvalue weighted by Crippen LogP contribution is -2.64. The molecule has 0 aromatic heterocycles. The molecule has 3 aliphatic rings. The molecular weight excluding hydrogens is 510 g/mol. The molecule has 3 fully saturated rings. The molecule has 0 radical (unpaired) electrons. The Morgan fingerprint density at radius 1 is 1.15 bits per heavy atom. The number of piperazine rings is 1. The van der Waals surface area contributed by atoms with E-state index in [1.165, 1.54) is 49.2 Å². The van der Waals surface area contributed by atoms with Crippen LogP contribution in [-0.4, -0.2) is 96.9 Å². The molecule has 1 atom stereocenters. The molecule has 234 valence electrons. The van der Waals surface area contributed by atoms with Crippen molar-refractivity contribution in [1.82, 2.24) is 19.7 Å². The van der Waals surface area contributed by atoms with Crippen LogP contribution in [0.2, 0.25) is 0 Å². The van der Waals surface area contributed by atoms with E-state index >= 15 is 0 Å². The van der Waals surface area contributed by atoms with Crippen molar-refractivity contribution in [3.05, 3.63) is 47.2 Å². The van der Waals surface area contributed by atoms with Crippen LogP contribution in [0.3, 0.4) is 0 Å². The van der Waals surface area contributed by atoms with E-state index < -0.39 is 0 Å². The zero-order chi connectivity index (χ0) is 29.9. The van der Waals surface area contributed by atoms with Crippen molar-refractivity contribution in [3.63, 3.8) is 0 Å². The molecule has 0 bridgehead atoms. The first-order valence-corrected chi connectivity index (χ1v) is 15.2. The Hall–Kier alpha value is -2.22. The Bertz CT molecular complexity index is 928. The monoisotopic (exact) mass is 571 g/mol. The van der Waals surface area contributed by atoms with Crippen molar-refractivity contribution in [2.75, 3.05) is 46.3 Å². The van der Waals surface area contributed by atoms with E-state index in [0.29, 0.717) is 24.0 Å². The van der Waals surface area contributed by atoms with Crippen molar-refractivity contribution >= 4 is 13.2 Å². The predicted octanol–water partition coefficient (Wildman–Crippen LogP) is 6.51. The van der Waals surface area contributed by atoms with Crippen LogP contribution in [0.4, 0.5) is 0 Å². The van der Waals surface area contributed by atoms with Crippen LogP contribution in [0.5, 0.6) is 0 Å². The Morgan fingerprint density at radius 2 is 1.76 bits per heavy atom. The number of likely N-dealkylation sites (tertiary alicyclic amines) is 1. The van der Waals surface area contributed by atoms with Gasteiger partial charge in [0.2, 0.25) is 0 Å². The Balaban J connectivity index is 0.000000738. The van der Waals surface area contributed by atoms with Crippen LogP contribution in [-0.2, 0) is 16.1 Å². The van der Waals surface area contributed by atoms with Gasteiger partial charge in [0.05, 0.1) is 6.04 Å². The summed E-state index contributed by atoms with van der Waals surface area (Å²) in [6, 6.07) is 12.0. The molecule has 7 heteroatoms. The molecular formula is C34H61N5O2. The molecule has 1 aromatic carbocycles. The number of carbonyl (C=O) groups excluding carboxylic acids is 1. The van der Waals surface area contributed by atoms with Crippen LogP contribution in [0.15, 0.2) is 46.7 Å². The van der Waals surface area contributed by atoms with Gasteiger partial charge in [0.25, 0.3) is 6.47 Å². The fraction of sp³-hybridized carbons (Fsp3) is 0.706. The summed E-state index contributed by atoms with van der Waals surface area (Å²) in [5.41, 5.74) is 4.42. The van der Waals surface area contributed by atoms with E-state index in [-0.39, 0.29) is 13.0 Å². The molecule has 2 saturated heterocycles. The highest BCUT2D eigenvalue weighted by molar-refractivity contribution is 5.37. The van der Waals surface area contributed by atoms with Gasteiger partial charge in [-0.3, -0.25) is 19.6 Å². The predicted molar refractivity (Wildman–Crippen MR) is 175 cm³/mol. The van der Waals surface area contributed by atoms with E-state index in [0.717, 1.165) is 32.7 Å². The summed E-state index contributed by atoms with van der Waals surface area (Å²) in [5, 5.41) is 6.68. The Morgan fingerprint density at radius 3 is 2.22 bits per heavy atom. The zero-order valence-corrected chi connectivity index (χ0v) is 26.9. The van der Waals surface area contributed by atoms with Crippen LogP contribution in [0.25, 0.3) is 0 Å². The first-order valence-electron chi connectivity index (χ1n) is 15.2. The number of benzene rings is 1. The minimum atomic E-state index is -0.318. The van der Waals surface area contributed by atoms with E-state index in [4.69, 9.17) is 0 Å². The highest BCUT2D eigenvalue weighted by Gasteiger charge is 2.53. The quantitative estimate of drug-likeness (QED) is 0.191. The summed E-state index contributed by atoms with van der Waals surface area (Å²) in [4.78, 5) is 17.3. The molecule has 7 nitrogen and oxygen atoms in total. The van der Waals surface area contributed by atoms with Crippen molar-refractivity contribution in [2.45, 2.75) is 106 Å². The first kappa shape index (κ1) is 36.8. The van der Waals surface area contributed by atoms with Crippen molar-refractivity contribution < 1.29 is 9.53 Å². The Kier molecular flexibility index (Phi) is 15.3. The number of nitrogens with zero attached hydrogens (tertiary/aromatic N) is 5. The van der Waals surface area contributed by atoms with Gasteiger partial charge in [-0.2, -0.15) is 5.10 Å². The van der Waals surface area contributed by atoms with Gasteiger partial charge in [-0.05, 0) is 77.5 Å². The number of hydrazone groups is 1. The van der Waals surface area contributed by atoms with E-state index in [1.807, 2.05) is 34.6 Å². The smallest absolute Gasteiger partial charge is 0.293 e. The highest BCUT2D eigenvalue weighted by atomic mass is 16.5. The molecule has 1 aliphatic carbocycles. The third-order valence-electron chi connectivity index (χ3n) is 8.26. The summed E-state index contributed by atoms with van der Waals surface area (Å²) >= 11 is 0. The molecule has 1 unspecified atom stereocenters. The fourth-order valence-corrected chi connectivity index (χ4v) is 6.26. The van der Waals surface area contributed by atoms with Gasteiger partial charge >= 0.3 is 0 Å². The lowest BCUT2D eigenvalue weighted by molar-refractivity contribution is -0.138. The average Bonchev–Trinajstić information content (AvgIpc) is 2.89. The third kappa shape index (κ3) is 10.8. The largest absolute Gasteiger partial charge is 0.462 e. The number of hydrogen-bond donors (Lipinski definition) is 0. The molecule has 2 aliphatic heterocycles. The van der Waals surface area contributed by atoms with Gasteiger partial charge in [0.15, 0.2) is 0 Å². The minimum absolute atomic E-state index is 0. The van der Waals surface area contributed by atoms with E-state index in [2.05, 4.69) is 94.4 Å². The molecule has 41 heavy (non-hydrogen) atoms. The SMILES string of the molecule is C.C=NN(/C(C)=C(/C)CN1CCN(Cc2ccccc2)CC1CC)C1CC2(C1)CN(C)C2.CC.CC(C)(C)OC=O. The maximum absolute atomic E-state index is 9.60. The minimum Gasteiger partial charge on any atom is -0.462 e. The summed E-state index contributed by atoms with van der Waals surface area (Å²) in [6.45, 7) is 28.7. The van der Waals surface area contributed by atoms with Crippen molar-refractivity contribution in [3.8, 4) is 0 Å². The van der Waals surface area contributed by atoms with Crippen LogP contribution in [0, 0.1) is 5.41 Å². The zero-order valence-electron chi connectivity index (χ0n) is 26.9. The molecule has 4 rings (SSSR count). The van der Waals surface area contributed by atoms with Crippen molar-refractivity contribution in [1.29, 1.82) is 0 Å². The maximum atomic E-state index is 9.60. The summed E-state index contributed by atoms with van der Waals surface area (Å²) in [6.07, 6.45) is 3.72. The average molecular weight is 572 g/mol. The third-order valence-corrected chi connectivity index (χ3v) is 8.26. The highest BCUT2D eigenvalue weighted by Crippen LogP contribution is 2.50. The van der Waals surface area contributed by atoms with Crippen LogP contribution in [0.1, 0.15) is 87.6 Å². The van der Waals surface area contributed by atoms with Gasteiger partial charge in [-0.1, -0.05) is 58.5 Å². The summed E-state index contributed by atoms with van der Waals surface area (Å²) in [7, 11) is 2.22.